The zero-order chi connectivity index (χ0) is 26.9. The smallest absolute Gasteiger partial charge is 0.398 e. The Kier molecular flexibility index (Phi) is 7.50. The first-order valence-corrected chi connectivity index (χ1v) is 11.7. The summed E-state index contributed by atoms with van der Waals surface area (Å²) in [5.41, 5.74) is 6.47. The Balaban J connectivity index is 2.18. The number of nitrogens with zero attached hydrogens (tertiary/aromatic N) is 2. The van der Waals surface area contributed by atoms with E-state index in [2.05, 4.69) is 36.1 Å². The lowest BCUT2D eigenvalue weighted by atomic mass is 9.87. The standard InChI is InChI=1S/C28H33F3N4O/c1-7-8-21(28(29,30)31)23(32)17-9-14-20-22(15-17)34-25(27(5,6)16-36)35-24(20)33-19-12-10-18(11-13-19)26(2,3)4/h7-15,36H,16,32H2,1-6H3,(H,33,34,35)/b8-7-,23-21+. The van der Waals surface area contributed by atoms with Gasteiger partial charge in [0.15, 0.2) is 0 Å². The van der Waals surface area contributed by atoms with E-state index in [9.17, 15) is 18.3 Å². The second kappa shape index (κ2) is 9.93. The summed E-state index contributed by atoms with van der Waals surface area (Å²) in [5, 5.41) is 13.8. The fourth-order valence-corrected chi connectivity index (χ4v) is 3.62. The van der Waals surface area contributed by atoms with Crippen LogP contribution in [0.15, 0.2) is 60.2 Å². The molecule has 0 unspecified atom stereocenters. The highest BCUT2D eigenvalue weighted by atomic mass is 19.4. The fraction of sp³-hybridized carbons (Fsp3) is 0.357. The van der Waals surface area contributed by atoms with E-state index in [1.54, 1.807) is 19.9 Å². The average molecular weight is 499 g/mol. The summed E-state index contributed by atoms with van der Waals surface area (Å²) in [6.45, 7) is 11.3. The molecule has 0 saturated heterocycles. The molecule has 192 valence electrons. The van der Waals surface area contributed by atoms with Gasteiger partial charge in [-0.15, -0.1) is 0 Å². The number of hydrogen-bond acceptors (Lipinski definition) is 5. The van der Waals surface area contributed by atoms with Gasteiger partial charge in [-0.2, -0.15) is 13.2 Å². The van der Waals surface area contributed by atoms with Crippen molar-refractivity contribution in [2.75, 3.05) is 11.9 Å². The lowest BCUT2D eigenvalue weighted by Gasteiger charge is -2.22. The molecule has 0 aliphatic carbocycles. The highest BCUT2D eigenvalue weighted by Gasteiger charge is 2.34. The van der Waals surface area contributed by atoms with Gasteiger partial charge in [-0.25, -0.2) is 9.97 Å². The summed E-state index contributed by atoms with van der Waals surface area (Å²) >= 11 is 0. The molecular weight excluding hydrogens is 465 g/mol. The number of nitrogens with one attached hydrogen (secondary N) is 1. The van der Waals surface area contributed by atoms with Crippen LogP contribution >= 0.6 is 0 Å². The van der Waals surface area contributed by atoms with Crippen LogP contribution in [0.25, 0.3) is 16.6 Å². The largest absolute Gasteiger partial charge is 0.418 e. The zero-order valence-electron chi connectivity index (χ0n) is 21.5. The monoisotopic (exact) mass is 498 g/mol. The first kappa shape index (κ1) is 27.2. The van der Waals surface area contributed by atoms with Gasteiger partial charge in [-0.1, -0.05) is 65.0 Å². The molecule has 8 heteroatoms. The molecule has 3 rings (SSSR count). The molecule has 0 fully saturated rings. The Morgan fingerprint density at radius 1 is 1.00 bits per heavy atom. The molecule has 0 saturated carbocycles. The Labute approximate surface area is 210 Å². The minimum atomic E-state index is -4.60. The third-order valence-electron chi connectivity index (χ3n) is 5.95. The molecule has 3 aromatic rings. The highest BCUT2D eigenvalue weighted by Crippen LogP contribution is 2.34. The molecule has 0 aliphatic heterocycles. The number of aliphatic hydroxyl groups excluding tert-OH is 1. The molecule has 0 atom stereocenters. The van der Waals surface area contributed by atoms with Crippen molar-refractivity contribution in [2.24, 2.45) is 5.73 Å². The van der Waals surface area contributed by atoms with Crippen molar-refractivity contribution in [1.29, 1.82) is 0 Å². The van der Waals surface area contributed by atoms with Gasteiger partial charge in [0, 0.05) is 22.1 Å². The first-order chi connectivity index (χ1) is 16.7. The molecule has 0 aliphatic rings. The molecule has 0 spiro atoms. The number of rotatable bonds is 6. The molecule has 0 bridgehead atoms. The average Bonchev–Trinajstić information content (AvgIpc) is 2.80. The van der Waals surface area contributed by atoms with Crippen LogP contribution in [0.1, 0.15) is 58.5 Å². The predicted octanol–water partition coefficient (Wildman–Crippen LogP) is 6.75. The Morgan fingerprint density at radius 2 is 1.64 bits per heavy atom. The second-order valence-corrected chi connectivity index (χ2v) is 10.4. The van der Waals surface area contributed by atoms with Crippen molar-refractivity contribution < 1.29 is 18.3 Å². The van der Waals surface area contributed by atoms with Gasteiger partial charge in [0.2, 0.25) is 0 Å². The predicted molar refractivity (Wildman–Crippen MR) is 140 cm³/mol. The molecule has 0 radical (unpaired) electrons. The number of aromatic nitrogens is 2. The minimum Gasteiger partial charge on any atom is -0.398 e. The van der Waals surface area contributed by atoms with Crippen molar-refractivity contribution in [3.05, 3.63) is 77.1 Å². The molecule has 1 heterocycles. The Bertz CT molecular complexity index is 1300. The van der Waals surface area contributed by atoms with Crippen molar-refractivity contribution in [3.63, 3.8) is 0 Å². The first-order valence-electron chi connectivity index (χ1n) is 11.7. The van der Waals surface area contributed by atoms with Crippen LogP contribution < -0.4 is 11.1 Å². The van der Waals surface area contributed by atoms with Crippen LogP contribution in [0.5, 0.6) is 0 Å². The van der Waals surface area contributed by atoms with Gasteiger partial charge in [0.05, 0.1) is 23.4 Å². The number of halogens is 3. The van der Waals surface area contributed by atoms with E-state index in [1.165, 1.54) is 30.7 Å². The second-order valence-electron chi connectivity index (χ2n) is 10.4. The maximum atomic E-state index is 13.6. The van der Waals surface area contributed by atoms with Gasteiger partial charge in [0.1, 0.15) is 11.6 Å². The number of fused-ring (bicyclic) bond motifs is 1. The van der Waals surface area contributed by atoms with Gasteiger partial charge in [-0.3, -0.25) is 0 Å². The molecule has 5 nitrogen and oxygen atoms in total. The number of nitrogens with two attached hydrogens (primary N) is 1. The summed E-state index contributed by atoms with van der Waals surface area (Å²) in [4.78, 5) is 9.26. The molecule has 1 aromatic heterocycles. The van der Waals surface area contributed by atoms with Crippen molar-refractivity contribution in [3.8, 4) is 0 Å². The van der Waals surface area contributed by atoms with Crippen LogP contribution in [-0.4, -0.2) is 27.9 Å². The summed E-state index contributed by atoms with van der Waals surface area (Å²) in [7, 11) is 0. The zero-order valence-corrected chi connectivity index (χ0v) is 21.5. The molecule has 36 heavy (non-hydrogen) atoms. The van der Waals surface area contributed by atoms with E-state index >= 15 is 0 Å². The molecule has 0 amide bonds. The summed E-state index contributed by atoms with van der Waals surface area (Å²) in [5.74, 6) is 0.842. The Morgan fingerprint density at radius 3 is 2.17 bits per heavy atom. The van der Waals surface area contributed by atoms with Crippen LogP contribution in [0.2, 0.25) is 0 Å². The SMILES string of the molecule is C/C=C\C(=C(/N)c1ccc2c(Nc3ccc(C(C)(C)C)cc3)nc(C(C)(C)CO)nc2c1)C(F)(F)F. The van der Waals surface area contributed by atoms with Gasteiger partial charge in [-0.05, 0) is 42.2 Å². The maximum Gasteiger partial charge on any atom is 0.418 e. The third-order valence-corrected chi connectivity index (χ3v) is 5.95. The molecular formula is C28H33F3N4O. The number of hydrogen-bond donors (Lipinski definition) is 3. The number of aliphatic hydroxyl groups is 1. The van der Waals surface area contributed by atoms with Crippen LogP contribution in [0.3, 0.4) is 0 Å². The minimum absolute atomic E-state index is 0.00451. The van der Waals surface area contributed by atoms with Crippen LogP contribution in [-0.2, 0) is 10.8 Å². The summed E-state index contributed by atoms with van der Waals surface area (Å²) in [6.07, 6.45) is -2.35. The number of alkyl halides is 3. The Hall–Kier alpha value is -3.39. The van der Waals surface area contributed by atoms with E-state index in [-0.39, 0.29) is 17.6 Å². The fourth-order valence-electron chi connectivity index (χ4n) is 3.62. The van der Waals surface area contributed by atoms with Crippen LogP contribution in [0.4, 0.5) is 24.7 Å². The normalized spacial score (nSPS) is 13.8. The van der Waals surface area contributed by atoms with E-state index in [0.717, 1.165) is 11.8 Å². The molecule has 2 aromatic carbocycles. The maximum absolute atomic E-state index is 13.6. The van der Waals surface area contributed by atoms with Crippen molar-refractivity contribution >= 4 is 28.1 Å². The number of anilines is 2. The van der Waals surface area contributed by atoms with Crippen molar-refractivity contribution in [1.82, 2.24) is 9.97 Å². The lowest BCUT2D eigenvalue weighted by molar-refractivity contribution is -0.0877. The van der Waals surface area contributed by atoms with E-state index in [4.69, 9.17) is 5.73 Å². The lowest BCUT2D eigenvalue weighted by Crippen LogP contribution is -2.25. The van der Waals surface area contributed by atoms with Crippen LogP contribution in [0, 0.1) is 0 Å². The van der Waals surface area contributed by atoms with E-state index in [1.807, 2.05) is 24.3 Å². The van der Waals surface area contributed by atoms with Crippen molar-refractivity contribution in [2.45, 2.75) is 58.5 Å². The summed E-state index contributed by atoms with van der Waals surface area (Å²) in [6, 6.07) is 12.7. The quantitative estimate of drug-likeness (QED) is 0.328. The summed E-state index contributed by atoms with van der Waals surface area (Å²) < 4.78 is 40.7. The third kappa shape index (κ3) is 5.87. The van der Waals surface area contributed by atoms with Gasteiger partial charge >= 0.3 is 6.18 Å². The number of allylic oxidation sites excluding steroid dienone is 3. The topological polar surface area (TPSA) is 84.1 Å². The van der Waals surface area contributed by atoms with Gasteiger partial charge < -0.3 is 16.2 Å². The number of benzene rings is 2. The van der Waals surface area contributed by atoms with Gasteiger partial charge in [0.25, 0.3) is 0 Å². The van der Waals surface area contributed by atoms with E-state index in [0.29, 0.717) is 22.5 Å². The molecule has 4 N–H and O–H groups in total. The van der Waals surface area contributed by atoms with E-state index < -0.39 is 22.9 Å². The highest BCUT2D eigenvalue weighted by molar-refractivity contribution is 5.93.